The van der Waals surface area contributed by atoms with Gasteiger partial charge in [-0.25, -0.2) is 0 Å². The van der Waals surface area contributed by atoms with Gasteiger partial charge in [0.15, 0.2) is 5.78 Å². The van der Waals surface area contributed by atoms with Crippen LogP contribution in [0.5, 0.6) is 0 Å². The Morgan fingerprint density at radius 3 is 1.83 bits per heavy atom. The molecule has 4 aromatic carbocycles. The van der Waals surface area contributed by atoms with E-state index in [0.717, 1.165) is 73.8 Å². The Morgan fingerprint density at radius 2 is 1.19 bits per heavy atom. The number of hydrogen-bond acceptors (Lipinski definition) is 7. The van der Waals surface area contributed by atoms with Crippen LogP contribution in [0, 0.1) is 0 Å². The summed E-state index contributed by atoms with van der Waals surface area (Å²) in [5.41, 5.74) is 6.97. The van der Waals surface area contributed by atoms with E-state index in [2.05, 4.69) is 17.1 Å². The molecule has 0 N–H and O–H groups in total. The first-order valence-electron chi connectivity index (χ1n) is 24.0. The van der Waals surface area contributed by atoms with Crippen LogP contribution in [-0.2, 0) is 26.2 Å². The van der Waals surface area contributed by atoms with Crippen LogP contribution in [0.4, 0.5) is 0 Å². The Labute approximate surface area is 404 Å². The van der Waals surface area contributed by atoms with E-state index in [-0.39, 0.29) is 47.8 Å². The van der Waals surface area contributed by atoms with E-state index in [9.17, 15) is 24.0 Å². The van der Waals surface area contributed by atoms with Crippen molar-refractivity contribution in [3.8, 4) is 22.5 Å². The fourth-order valence-electron chi connectivity index (χ4n) is 10.1. The number of ketones is 1. The zero-order valence-corrected chi connectivity index (χ0v) is 39.4. The van der Waals surface area contributed by atoms with Crippen LogP contribution in [0.1, 0.15) is 113 Å². The van der Waals surface area contributed by atoms with Crippen molar-refractivity contribution in [3.63, 3.8) is 0 Å². The highest BCUT2D eigenvalue weighted by atomic mass is 35.5. The summed E-state index contributed by atoms with van der Waals surface area (Å²) in [6.45, 7) is 3.89. The molecule has 1 aliphatic carbocycles. The molecule has 1 fully saturated rings. The van der Waals surface area contributed by atoms with Gasteiger partial charge in [-0.15, -0.1) is 0 Å². The zero-order chi connectivity index (χ0) is 47.6. The highest BCUT2D eigenvalue weighted by Crippen LogP contribution is 2.32. The Balaban J connectivity index is 0.000000161. The summed E-state index contributed by atoms with van der Waals surface area (Å²) in [5, 5.41) is 9.84. The molecule has 2 aliphatic heterocycles. The van der Waals surface area contributed by atoms with Crippen LogP contribution in [0.2, 0.25) is 5.02 Å². The third-order valence-electron chi connectivity index (χ3n) is 13.7. The summed E-state index contributed by atoms with van der Waals surface area (Å²) in [5.74, 6) is -0.368. The van der Waals surface area contributed by atoms with Crippen molar-refractivity contribution < 1.29 is 14.4 Å². The second-order valence-corrected chi connectivity index (χ2v) is 18.6. The topological polar surface area (TPSA) is 136 Å². The molecule has 11 rings (SSSR count). The molecule has 69 heavy (non-hydrogen) atoms. The second kappa shape index (κ2) is 19.7. The van der Waals surface area contributed by atoms with Gasteiger partial charge in [-0.3, -0.25) is 24.0 Å². The molecule has 3 aliphatic rings. The van der Waals surface area contributed by atoms with Crippen LogP contribution in [0.15, 0.2) is 137 Å². The lowest BCUT2D eigenvalue weighted by molar-refractivity contribution is 0.0651. The molecule has 14 heteroatoms. The first-order valence-corrected chi connectivity index (χ1v) is 24.4. The standard InChI is InChI=1S/C28H25ClN4O3.C27H28N4O2/c29-20-13-11-18(12-14-20)23-15-25-32(17-24(34)19-7-3-1-4-8-19)26-22(27(35)33(25)30-23)16-31(28(26)36)21-9-5-2-6-10-21;1-2-3-4-11-16-29-19-22-25(27(29)33)30(18-20-12-7-5-8-13-20)24-17-23(28-31(24)26(22)32)21-14-9-6-10-15-21/h1,3-4,7-8,11-15,21H,2,5-6,9-10,16-17H2;5-10,12-15,17H,2-4,11,16,18-19H2,1H3. The maximum atomic E-state index is 13.8. The average molecular weight is 942 g/mol. The van der Waals surface area contributed by atoms with Crippen LogP contribution in [-0.4, -0.2) is 68.3 Å². The summed E-state index contributed by atoms with van der Waals surface area (Å²) in [7, 11) is 0. The number of rotatable bonds is 13. The summed E-state index contributed by atoms with van der Waals surface area (Å²) in [4.78, 5) is 71.2. The number of fused-ring (bicyclic) bond motifs is 4. The van der Waals surface area contributed by atoms with Gasteiger partial charge in [0.1, 0.15) is 22.7 Å². The quantitative estimate of drug-likeness (QED) is 0.0830. The summed E-state index contributed by atoms with van der Waals surface area (Å²) in [6, 6.07) is 39.8. The van der Waals surface area contributed by atoms with E-state index in [4.69, 9.17) is 11.6 Å². The predicted octanol–water partition coefficient (Wildman–Crippen LogP) is 9.74. The molecule has 0 saturated heterocycles. The number of benzene rings is 4. The second-order valence-electron chi connectivity index (χ2n) is 18.2. The minimum absolute atomic E-state index is 0.0560. The number of nitrogens with zero attached hydrogens (tertiary/aromatic N) is 8. The van der Waals surface area contributed by atoms with Gasteiger partial charge < -0.3 is 18.9 Å². The van der Waals surface area contributed by atoms with Crippen LogP contribution in [0.25, 0.3) is 33.8 Å². The smallest absolute Gasteiger partial charge is 0.280 e. The van der Waals surface area contributed by atoms with Crippen LogP contribution >= 0.6 is 11.6 Å². The molecule has 2 amide bonds. The van der Waals surface area contributed by atoms with Crippen molar-refractivity contribution >= 4 is 40.5 Å². The maximum absolute atomic E-state index is 13.8. The van der Waals surface area contributed by atoms with Gasteiger partial charge in [-0.2, -0.15) is 19.2 Å². The lowest BCUT2D eigenvalue weighted by atomic mass is 9.94. The van der Waals surface area contributed by atoms with E-state index in [0.29, 0.717) is 69.7 Å². The number of carbonyl (C=O) groups is 3. The van der Waals surface area contributed by atoms with E-state index >= 15 is 0 Å². The van der Waals surface area contributed by atoms with Gasteiger partial charge >= 0.3 is 0 Å². The Kier molecular flexibility index (Phi) is 13.0. The number of unbranched alkanes of at least 4 members (excludes halogenated alkanes) is 3. The highest BCUT2D eigenvalue weighted by molar-refractivity contribution is 6.30. The van der Waals surface area contributed by atoms with Gasteiger partial charge in [0, 0.05) is 53.0 Å². The molecule has 0 spiro atoms. The van der Waals surface area contributed by atoms with Crippen molar-refractivity contribution in [1.29, 1.82) is 0 Å². The lowest BCUT2D eigenvalue weighted by Crippen LogP contribution is -2.37. The molecule has 6 heterocycles. The fourth-order valence-corrected chi connectivity index (χ4v) is 10.2. The molecule has 0 atom stereocenters. The molecule has 4 aromatic heterocycles. The Morgan fingerprint density at radius 1 is 0.623 bits per heavy atom. The van der Waals surface area contributed by atoms with Gasteiger partial charge in [0.2, 0.25) is 0 Å². The number of aromatic nitrogens is 6. The molecule has 0 radical (unpaired) electrons. The maximum Gasteiger partial charge on any atom is 0.280 e. The van der Waals surface area contributed by atoms with Crippen molar-refractivity contribution in [1.82, 2.24) is 38.2 Å². The summed E-state index contributed by atoms with van der Waals surface area (Å²) in [6.07, 6.45) is 9.56. The SMILES string of the molecule is CCCCCCN1Cc2c(n(Cc3ccccc3)c3cc(-c4ccccc4)nn3c2=O)C1=O.O=C(Cn1c2c(c(=O)n3nc(-c4ccc(Cl)cc4)cc13)CN(C1CCCCC1)C2=O)c1ccccc1. The average Bonchev–Trinajstić information content (AvgIpc) is 4.19. The molecular formula is C55H53ClN8O5. The van der Waals surface area contributed by atoms with E-state index in [1.54, 1.807) is 34.9 Å². The summed E-state index contributed by atoms with van der Waals surface area (Å²) < 4.78 is 6.46. The van der Waals surface area contributed by atoms with Crippen molar-refractivity contribution in [2.45, 2.75) is 96.9 Å². The number of hydrogen-bond donors (Lipinski definition) is 0. The number of carbonyl (C=O) groups excluding carboxylic acids is 3. The van der Waals surface area contributed by atoms with Gasteiger partial charge in [0.25, 0.3) is 22.9 Å². The molecule has 350 valence electrons. The van der Waals surface area contributed by atoms with E-state index in [1.165, 1.54) is 15.5 Å². The fraction of sp³-hybridized carbons (Fsp3) is 0.291. The zero-order valence-electron chi connectivity index (χ0n) is 38.6. The predicted molar refractivity (Wildman–Crippen MR) is 267 cm³/mol. The lowest BCUT2D eigenvalue weighted by Gasteiger charge is -2.30. The molecule has 8 aromatic rings. The molecule has 1 saturated carbocycles. The third-order valence-corrected chi connectivity index (χ3v) is 13.9. The van der Waals surface area contributed by atoms with Crippen molar-refractivity contribution in [3.05, 3.63) is 187 Å². The normalized spacial score (nSPS) is 14.6. The Bertz CT molecular complexity index is 3320. The molecule has 0 unspecified atom stereocenters. The first kappa shape index (κ1) is 45.4. The molecule has 0 bridgehead atoms. The van der Waals surface area contributed by atoms with Gasteiger partial charge in [-0.1, -0.05) is 160 Å². The minimum Gasteiger partial charge on any atom is -0.333 e. The van der Waals surface area contributed by atoms with Crippen molar-refractivity contribution in [2.75, 3.05) is 6.54 Å². The van der Waals surface area contributed by atoms with Gasteiger partial charge in [0.05, 0.1) is 42.1 Å². The monoisotopic (exact) mass is 940 g/mol. The van der Waals surface area contributed by atoms with Crippen molar-refractivity contribution in [2.24, 2.45) is 0 Å². The molecular weight excluding hydrogens is 888 g/mol. The van der Waals surface area contributed by atoms with Gasteiger partial charge in [-0.05, 0) is 37.0 Å². The number of amides is 2. The van der Waals surface area contributed by atoms with E-state index < -0.39 is 0 Å². The Hall–Kier alpha value is -7.38. The third kappa shape index (κ3) is 8.94. The highest BCUT2D eigenvalue weighted by Gasteiger charge is 2.39. The van der Waals surface area contributed by atoms with E-state index in [1.807, 2.05) is 111 Å². The largest absolute Gasteiger partial charge is 0.333 e. The molecule has 13 nitrogen and oxygen atoms in total. The first-order chi connectivity index (χ1) is 33.7. The summed E-state index contributed by atoms with van der Waals surface area (Å²) >= 11 is 6.05. The van der Waals surface area contributed by atoms with Crippen LogP contribution in [0.3, 0.4) is 0 Å². The number of Topliss-reactive ketones (excluding diaryl/α,β-unsaturated/α-hetero) is 1. The number of halogens is 1. The van der Waals surface area contributed by atoms with Crippen LogP contribution < -0.4 is 11.1 Å². The minimum atomic E-state index is -0.310.